The fraction of sp³-hybridized carbons (Fsp3) is 0.462. The number of carbonyl (C=O) groups excluding carboxylic acids is 1. The van der Waals surface area contributed by atoms with Gasteiger partial charge < -0.3 is 4.79 Å². The summed E-state index contributed by atoms with van der Waals surface area (Å²) in [6.45, 7) is 6.39. The number of fused-ring (bicyclic) bond motifs is 1. The van der Waals surface area contributed by atoms with E-state index in [4.69, 9.17) is 0 Å². The van der Waals surface area contributed by atoms with Gasteiger partial charge in [0.05, 0.1) is 0 Å². The molecule has 0 spiro atoms. The molecule has 1 heteroatoms. The molecule has 1 nitrogen and oxygen atoms in total. The van der Waals surface area contributed by atoms with Crippen molar-refractivity contribution < 1.29 is 4.79 Å². The van der Waals surface area contributed by atoms with E-state index in [2.05, 4.69) is 32.9 Å². The van der Waals surface area contributed by atoms with Crippen LogP contribution >= 0.6 is 0 Å². The molecule has 1 aliphatic rings. The molecule has 0 amide bonds. The minimum atomic E-state index is 0.130. The third kappa shape index (κ3) is 1.28. The largest absolute Gasteiger partial charge is 0.303 e. The van der Waals surface area contributed by atoms with Crippen molar-refractivity contribution in [1.82, 2.24) is 0 Å². The van der Waals surface area contributed by atoms with Gasteiger partial charge in [-0.2, -0.15) is 0 Å². The average molecular weight is 188 g/mol. The molecule has 2 rings (SSSR count). The molecule has 0 radical (unpaired) electrons. The average Bonchev–Trinajstić information content (AvgIpc) is 2.40. The van der Waals surface area contributed by atoms with E-state index < -0.39 is 0 Å². The van der Waals surface area contributed by atoms with Crippen LogP contribution in [0.3, 0.4) is 0 Å². The van der Waals surface area contributed by atoms with Gasteiger partial charge in [-0.05, 0) is 42.9 Å². The molecule has 0 bridgehead atoms. The smallest absolute Gasteiger partial charge is 0.127 e. The van der Waals surface area contributed by atoms with Gasteiger partial charge in [0.1, 0.15) is 6.29 Å². The molecule has 1 aromatic rings. The minimum absolute atomic E-state index is 0.130. The van der Waals surface area contributed by atoms with Gasteiger partial charge in [0, 0.05) is 5.92 Å². The van der Waals surface area contributed by atoms with Crippen molar-refractivity contribution in [1.29, 1.82) is 0 Å². The Morgan fingerprint density at radius 1 is 1.36 bits per heavy atom. The molecule has 0 aromatic heterocycles. The first-order valence-electron chi connectivity index (χ1n) is 5.18. The van der Waals surface area contributed by atoms with E-state index in [1.165, 1.54) is 22.3 Å². The van der Waals surface area contributed by atoms with Crippen molar-refractivity contribution in [2.24, 2.45) is 5.92 Å². The summed E-state index contributed by atoms with van der Waals surface area (Å²) in [6.07, 6.45) is 2.17. The van der Waals surface area contributed by atoms with Crippen LogP contribution in [0.5, 0.6) is 0 Å². The zero-order valence-corrected chi connectivity index (χ0v) is 9.00. The Kier molecular flexibility index (Phi) is 2.18. The molecule has 0 saturated carbocycles. The number of aldehydes is 1. The Morgan fingerprint density at radius 2 is 2.07 bits per heavy atom. The molecule has 0 aliphatic heterocycles. The van der Waals surface area contributed by atoms with Gasteiger partial charge in [-0.15, -0.1) is 0 Å². The molecule has 2 atom stereocenters. The summed E-state index contributed by atoms with van der Waals surface area (Å²) in [5.74, 6) is 0.605. The lowest BCUT2D eigenvalue weighted by atomic mass is 9.92. The van der Waals surface area contributed by atoms with Crippen LogP contribution in [0, 0.1) is 19.8 Å². The topological polar surface area (TPSA) is 17.1 Å². The second-order valence-electron chi connectivity index (χ2n) is 4.50. The minimum Gasteiger partial charge on any atom is -0.303 e. The zero-order valence-electron chi connectivity index (χ0n) is 9.00. The van der Waals surface area contributed by atoms with Gasteiger partial charge in [-0.3, -0.25) is 0 Å². The molecule has 14 heavy (non-hydrogen) atoms. The third-order valence-electron chi connectivity index (χ3n) is 3.25. The van der Waals surface area contributed by atoms with Gasteiger partial charge in [0.15, 0.2) is 0 Å². The van der Waals surface area contributed by atoms with Gasteiger partial charge in [-0.1, -0.05) is 24.6 Å². The van der Waals surface area contributed by atoms with Crippen LogP contribution in [0.1, 0.15) is 35.1 Å². The second-order valence-corrected chi connectivity index (χ2v) is 4.50. The summed E-state index contributed by atoms with van der Waals surface area (Å²) in [5.41, 5.74) is 5.26. The molecule has 2 unspecified atom stereocenters. The molecule has 0 heterocycles. The summed E-state index contributed by atoms with van der Waals surface area (Å²) in [5, 5.41) is 0. The Balaban J connectivity index is 2.58. The fourth-order valence-electron chi connectivity index (χ4n) is 2.67. The van der Waals surface area contributed by atoms with Crippen LogP contribution < -0.4 is 0 Å². The molecular formula is C13H16O. The van der Waals surface area contributed by atoms with Gasteiger partial charge in [0.25, 0.3) is 0 Å². The summed E-state index contributed by atoms with van der Waals surface area (Å²) in [7, 11) is 0. The van der Waals surface area contributed by atoms with E-state index in [-0.39, 0.29) is 5.92 Å². The van der Waals surface area contributed by atoms with Crippen LogP contribution in [0.2, 0.25) is 0 Å². The van der Waals surface area contributed by atoms with E-state index in [0.29, 0.717) is 5.92 Å². The van der Waals surface area contributed by atoms with Crippen molar-refractivity contribution in [3.05, 3.63) is 34.4 Å². The second kappa shape index (κ2) is 3.23. The lowest BCUT2D eigenvalue weighted by Gasteiger charge is -2.11. The third-order valence-corrected chi connectivity index (χ3v) is 3.25. The number of benzene rings is 1. The highest BCUT2D eigenvalue weighted by Crippen LogP contribution is 2.38. The summed E-state index contributed by atoms with van der Waals surface area (Å²) in [6, 6.07) is 4.40. The molecule has 1 aliphatic carbocycles. The van der Waals surface area contributed by atoms with Crippen molar-refractivity contribution >= 4 is 6.29 Å². The lowest BCUT2D eigenvalue weighted by molar-refractivity contribution is -0.109. The number of aryl methyl sites for hydroxylation is 2. The number of carbonyl (C=O) groups is 1. The highest BCUT2D eigenvalue weighted by molar-refractivity contribution is 5.67. The van der Waals surface area contributed by atoms with Crippen LogP contribution in [0.4, 0.5) is 0 Å². The van der Waals surface area contributed by atoms with Crippen LogP contribution in [0.25, 0.3) is 0 Å². The molecule has 74 valence electrons. The molecule has 1 aromatic carbocycles. The van der Waals surface area contributed by atoms with Crippen molar-refractivity contribution in [2.45, 2.75) is 33.1 Å². The first-order chi connectivity index (χ1) is 6.63. The number of hydrogen-bond acceptors (Lipinski definition) is 1. The van der Waals surface area contributed by atoms with Gasteiger partial charge in [-0.25, -0.2) is 0 Å². The maximum Gasteiger partial charge on any atom is 0.127 e. The highest BCUT2D eigenvalue weighted by atomic mass is 16.1. The van der Waals surface area contributed by atoms with E-state index in [0.717, 1.165) is 12.7 Å². The highest BCUT2D eigenvalue weighted by Gasteiger charge is 2.30. The van der Waals surface area contributed by atoms with Crippen LogP contribution in [-0.2, 0) is 11.2 Å². The normalized spacial score (nSPS) is 24.8. The van der Waals surface area contributed by atoms with Crippen molar-refractivity contribution in [2.75, 3.05) is 0 Å². The zero-order chi connectivity index (χ0) is 10.3. The number of rotatable bonds is 1. The fourth-order valence-corrected chi connectivity index (χ4v) is 2.67. The summed E-state index contributed by atoms with van der Waals surface area (Å²) >= 11 is 0. The molecule has 0 N–H and O–H groups in total. The van der Waals surface area contributed by atoms with Crippen LogP contribution in [0.15, 0.2) is 12.1 Å². The summed E-state index contributed by atoms with van der Waals surface area (Å²) < 4.78 is 0. The standard InChI is InChI=1S/C13H16O/c1-8-4-10(3)13-11(5-8)6-9(2)12(13)7-14/h4-5,7,9,12H,6H2,1-3H3. The van der Waals surface area contributed by atoms with Crippen molar-refractivity contribution in [3.63, 3.8) is 0 Å². The van der Waals surface area contributed by atoms with Crippen LogP contribution in [-0.4, -0.2) is 6.29 Å². The first-order valence-corrected chi connectivity index (χ1v) is 5.18. The van der Waals surface area contributed by atoms with E-state index in [1.807, 2.05) is 0 Å². The quantitative estimate of drug-likeness (QED) is 0.619. The SMILES string of the molecule is Cc1cc(C)c2c(c1)CC(C)C2C=O. The first kappa shape index (κ1) is 9.45. The Morgan fingerprint density at radius 3 is 2.71 bits per heavy atom. The predicted molar refractivity (Wildman–Crippen MR) is 57.6 cm³/mol. The Bertz CT molecular complexity index is 379. The van der Waals surface area contributed by atoms with E-state index in [1.54, 1.807) is 0 Å². The van der Waals surface area contributed by atoms with E-state index in [9.17, 15) is 4.79 Å². The predicted octanol–water partition coefficient (Wildman–Crippen LogP) is 2.78. The number of hydrogen-bond donors (Lipinski definition) is 0. The van der Waals surface area contributed by atoms with Crippen molar-refractivity contribution in [3.8, 4) is 0 Å². The Hall–Kier alpha value is -1.11. The maximum atomic E-state index is 11.0. The van der Waals surface area contributed by atoms with Gasteiger partial charge >= 0.3 is 0 Å². The summed E-state index contributed by atoms with van der Waals surface area (Å²) in [4.78, 5) is 11.0. The van der Waals surface area contributed by atoms with Gasteiger partial charge in [0.2, 0.25) is 0 Å². The Labute approximate surface area is 85.1 Å². The maximum absolute atomic E-state index is 11.0. The molecular weight excluding hydrogens is 172 g/mol. The molecule has 0 fully saturated rings. The van der Waals surface area contributed by atoms with E-state index >= 15 is 0 Å². The molecule has 0 saturated heterocycles. The lowest BCUT2D eigenvalue weighted by Crippen LogP contribution is -2.05. The monoisotopic (exact) mass is 188 g/mol.